The van der Waals surface area contributed by atoms with E-state index in [1.165, 1.54) is 0 Å². The average Bonchev–Trinajstić information content (AvgIpc) is 2.47. The maximum Gasteiger partial charge on any atom is 0.210 e. The molecule has 0 saturated carbocycles. The van der Waals surface area contributed by atoms with E-state index in [2.05, 4.69) is 0 Å². The van der Waals surface area contributed by atoms with Crippen molar-refractivity contribution in [2.45, 2.75) is 6.54 Å². The molecule has 0 aliphatic rings. The molecule has 2 aromatic rings. The van der Waals surface area contributed by atoms with Crippen molar-refractivity contribution in [2.75, 3.05) is 14.2 Å². The fraction of sp³-hybridized carbons (Fsp3) is 0.200. The Bertz CT molecular complexity index is 533. The Hall–Kier alpha value is -2.20. The number of benzene rings is 2. The number of hydrogen-bond acceptors (Lipinski definition) is 4. The fourth-order valence-electron chi connectivity index (χ4n) is 1.77. The van der Waals surface area contributed by atoms with Crippen LogP contribution in [0.2, 0.25) is 0 Å². The number of hydrogen-bond donors (Lipinski definition) is 1. The first kappa shape index (κ1) is 13.2. The normalized spacial score (nSPS) is 10.1. The van der Waals surface area contributed by atoms with Gasteiger partial charge in [-0.15, -0.1) is 0 Å². The number of nitrogens with two attached hydrogens (primary N) is 1. The van der Waals surface area contributed by atoms with Crippen molar-refractivity contribution in [1.82, 2.24) is 0 Å². The smallest absolute Gasteiger partial charge is 0.210 e. The van der Waals surface area contributed by atoms with Crippen LogP contribution < -0.4 is 19.9 Å². The van der Waals surface area contributed by atoms with Gasteiger partial charge in [0.25, 0.3) is 0 Å². The van der Waals surface area contributed by atoms with Crippen molar-refractivity contribution >= 4 is 0 Å². The van der Waals surface area contributed by atoms with E-state index >= 15 is 0 Å². The van der Waals surface area contributed by atoms with E-state index < -0.39 is 0 Å². The standard InChI is InChI=1S/C15H17NO3/c1-17-13-7-4-8-14(18-2)15(13)19-12-6-3-5-11(9-12)10-16/h3-9H,10,16H2,1-2H3. The van der Waals surface area contributed by atoms with Gasteiger partial charge in [0.05, 0.1) is 14.2 Å². The molecule has 2 N–H and O–H groups in total. The number of para-hydroxylation sites is 1. The molecule has 2 rings (SSSR count). The molecule has 0 amide bonds. The van der Waals surface area contributed by atoms with Crippen LogP contribution in [-0.4, -0.2) is 14.2 Å². The van der Waals surface area contributed by atoms with Gasteiger partial charge in [-0.05, 0) is 29.8 Å². The lowest BCUT2D eigenvalue weighted by molar-refractivity contribution is 0.346. The van der Waals surface area contributed by atoms with Crippen LogP contribution in [0.5, 0.6) is 23.0 Å². The van der Waals surface area contributed by atoms with Crippen LogP contribution in [-0.2, 0) is 6.54 Å². The Labute approximate surface area is 112 Å². The summed E-state index contributed by atoms with van der Waals surface area (Å²) in [7, 11) is 3.19. The molecule has 19 heavy (non-hydrogen) atoms. The molecule has 4 nitrogen and oxygen atoms in total. The Balaban J connectivity index is 2.36. The van der Waals surface area contributed by atoms with Crippen molar-refractivity contribution in [3.8, 4) is 23.0 Å². The van der Waals surface area contributed by atoms with Gasteiger partial charge in [-0.25, -0.2) is 0 Å². The van der Waals surface area contributed by atoms with Crippen LogP contribution in [0, 0.1) is 0 Å². The quantitative estimate of drug-likeness (QED) is 0.897. The maximum absolute atomic E-state index is 5.86. The van der Waals surface area contributed by atoms with Crippen molar-refractivity contribution in [1.29, 1.82) is 0 Å². The minimum absolute atomic E-state index is 0.472. The molecule has 2 aromatic carbocycles. The van der Waals surface area contributed by atoms with Crippen molar-refractivity contribution < 1.29 is 14.2 Å². The number of ether oxygens (including phenoxy) is 3. The van der Waals surface area contributed by atoms with E-state index in [1.807, 2.05) is 42.5 Å². The fourth-order valence-corrected chi connectivity index (χ4v) is 1.77. The van der Waals surface area contributed by atoms with E-state index in [-0.39, 0.29) is 0 Å². The molecule has 0 radical (unpaired) electrons. The highest BCUT2D eigenvalue weighted by molar-refractivity contribution is 5.53. The second kappa shape index (κ2) is 6.11. The first-order chi connectivity index (χ1) is 9.28. The van der Waals surface area contributed by atoms with E-state index in [1.54, 1.807) is 14.2 Å². The predicted octanol–water partition coefficient (Wildman–Crippen LogP) is 2.95. The molecule has 0 aliphatic heterocycles. The van der Waals surface area contributed by atoms with Gasteiger partial charge in [0.1, 0.15) is 5.75 Å². The molecule has 0 saturated heterocycles. The number of rotatable bonds is 5. The molecule has 0 spiro atoms. The highest BCUT2D eigenvalue weighted by Crippen LogP contribution is 2.39. The highest BCUT2D eigenvalue weighted by atomic mass is 16.5. The van der Waals surface area contributed by atoms with Crippen molar-refractivity contribution in [2.24, 2.45) is 5.73 Å². The monoisotopic (exact) mass is 259 g/mol. The molecule has 100 valence electrons. The largest absolute Gasteiger partial charge is 0.493 e. The van der Waals surface area contributed by atoms with Crippen LogP contribution in [0.4, 0.5) is 0 Å². The lowest BCUT2D eigenvalue weighted by Crippen LogP contribution is -1.97. The lowest BCUT2D eigenvalue weighted by atomic mass is 10.2. The van der Waals surface area contributed by atoms with Gasteiger partial charge in [-0.2, -0.15) is 0 Å². The summed E-state index contributed by atoms with van der Waals surface area (Å²) in [6.45, 7) is 0.472. The van der Waals surface area contributed by atoms with E-state index in [0.717, 1.165) is 5.56 Å². The third-order valence-electron chi connectivity index (χ3n) is 2.74. The third kappa shape index (κ3) is 2.98. The summed E-state index contributed by atoms with van der Waals surface area (Å²) in [4.78, 5) is 0. The molecule has 0 aliphatic carbocycles. The Morgan fingerprint density at radius 1 is 0.947 bits per heavy atom. The summed E-state index contributed by atoms with van der Waals surface area (Å²) in [5, 5.41) is 0. The highest BCUT2D eigenvalue weighted by Gasteiger charge is 2.12. The zero-order valence-corrected chi connectivity index (χ0v) is 11.1. The third-order valence-corrected chi connectivity index (χ3v) is 2.74. The molecule has 0 bridgehead atoms. The molecular formula is C15H17NO3. The maximum atomic E-state index is 5.86. The van der Waals surface area contributed by atoms with Crippen LogP contribution >= 0.6 is 0 Å². The summed E-state index contributed by atoms with van der Waals surface area (Å²) in [5.41, 5.74) is 6.63. The molecular weight excluding hydrogens is 242 g/mol. The molecule has 0 atom stereocenters. The van der Waals surface area contributed by atoms with Crippen LogP contribution in [0.15, 0.2) is 42.5 Å². The average molecular weight is 259 g/mol. The summed E-state index contributed by atoms with van der Waals surface area (Å²) in [6, 6.07) is 13.1. The number of methoxy groups -OCH3 is 2. The second-order valence-corrected chi connectivity index (χ2v) is 3.95. The lowest BCUT2D eigenvalue weighted by Gasteiger charge is -2.14. The molecule has 0 fully saturated rings. The van der Waals surface area contributed by atoms with Gasteiger partial charge >= 0.3 is 0 Å². The van der Waals surface area contributed by atoms with Crippen molar-refractivity contribution in [3.63, 3.8) is 0 Å². The Morgan fingerprint density at radius 2 is 1.58 bits per heavy atom. The summed E-state index contributed by atoms with van der Waals surface area (Å²) in [6.07, 6.45) is 0. The van der Waals surface area contributed by atoms with Gasteiger partial charge < -0.3 is 19.9 Å². The summed E-state index contributed by atoms with van der Waals surface area (Å²) in [5.74, 6) is 2.50. The van der Waals surface area contributed by atoms with Gasteiger partial charge in [0.15, 0.2) is 11.5 Å². The Morgan fingerprint density at radius 3 is 2.16 bits per heavy atom. The van der Waals surface area contributed by atoms with Crippen LogP contribution in [0.25, 0.3) is 0 Å². The predicted molar refractivity (Wildman–Crippen MR) is 74.0 cm³/mol. The van der Waals surface area contributed by atoms with E-state index in [4.69, 9.17) is 19.9 Å². The molecule has 0 heterocycles. The molecule has 0 aromatic heterocycles. The minimum atomic E-state index is 0.472. The Kier molecular flexibility index (Phi) is 4.26. The van der Waals surface area contributed by atoms with Gasteiger partial charge in [0.2, 0.25) is 5.75 Å². The van der Waals surface area contributed by atoms with Gasteiger partial charge in [-0.1, -0.05) is 18.2 Å². The molecule has 0 unspecified atom stereocenters. The topological polar surface area (TPSA) is 53.7 Å². The minimum Gasteiger partial charge on any atom is -0.493 e. The van der Waals surface area contributed by atoms with Crippen LogP contribution in [0.3, 0.4) is 0 Å². The van der Waals surface area contributed by atoms with Gasteiger partial charge in [-0.3, -0.25) is 0 Å². The first-order valence-corrected chi connectivity index (χ1v) is 5.96. The van der Waals surface area contributed by atoms with Crippen LogP contribution in [0.1, 0.15) is 5.56 Å². The van der Waals surface area contributed by atoms with E-state index in [9.17, 15) is 0 Å². The second-order valence-electron chi connectivity index (χ2n) is 3.95. The SMILES string of the molecule is COc1cccc(OC)c1Oc1cccc(CN)c1. The zero-order valence-electron chi connectivity index (χ0n) is 11.1. The summed E-state index contributed by atoms with van der Waals surface area (Å²) < 4.78 is 16.4. The van der Waals surface area contributed by atoms with Crippen molar-refractivity contribution in [3.05, 3.63) is 48.0 Å². The van der Waals surface area contributed by atoms with E-state index in [0.29, 0.717) is 29.5 Å². The zero-order chi connectivity index (χ0) is 13.7. The first-order valence-electron chi connectivity index (χ1n) is 5.96. The summed E-state index contributed by atoms with van der Waals surface area (Å²) >= 11 is 0. The van der Waals surface area contributed by atoms with Gasteiger partial charge in [0, 0.05) is 6.54 Å². The molecule has 4 heteroatoms.